The average Bonchev–Trinajstić information content (AvgIpc) is 2.74. The summed E-state index contributed by atoms with van der Waals surface area (Å²) in [6, 6.07) is 1.66. The van der Waals surface area contributed by atoms with Crippen molar-refractivity contribution in [1.29, 1.82) is 0 Å². The van der Waals surface area contributed by atoms with Crippen molar-refractivity contribution in [3.05, 3.63) is 36.4 Å². The van der Waals surface area contributed by atoms with E-state index in [0.29, 0.717) is 5.16 Å². The van der Waals surface area contributed by atoms with Gasteiger partial charge in [0.05, 0.1) is 17.3 Å². The Hall–Kier alpha value is -1.89. The lowest BCUT2D eigenvalue weighted by Crippen LogP contribution is -2.06. The van der Waals surface area contributed by atoms with E-state index in [0.717, 1.165) is 17.8 Å². The Morgan fingerprint density at radius 1 is 1.60 bits per heavy atom. The lowest BCUT2D eigenvalue weighted by molar-refractivity contribution is -0.133. The molecule has 1 aromatic carbocycles. The number of rotatable bonds is 5. The molecule has 1 unspecified atom stereocenters. The summed E-state index contributed by atoms with van der Waals surface area (Å²) >= 11 is 0.955. The first kappa shape index (κ1) is 14.5. The Labute approximate surface area is 118 Å². The summed E-state index contributed by atoms with van der Waals surface area (Å²) in [5.41, 5.74) is 0.302. The van der Waals surface area contributed by atoms with Crippen LogP contribution >= 0.6 is 11.8 Å². The predicted octanol–water partition coefficient (Wildman–Crippen LogP) is 3.24. The predicted molar refractivity (Wildman–Crippen MR) is 72.9 cm³/mol. The van der Waals surface area contributed by atoms with E-state index >= 15 is 0 Å². The number of hydrogen-bond donors (Lipinski definition) is 1. The smallest absolute Gasteiger partial charge is 0.313 e. The van der Waals surface area contributed by atoms with E-state index in [-0.39, 0.29) is 22.8 Å². The van der Waals surface area contributed by atoms with Gasteiger partial charge in [-0.3, -0.25) is 4.79 Å². The Bertz CT molecular complexity index is 685. The van der Waals surface area contributed by atoms with Crippen molar-refractivity contribution in [3.63, 3.8) is 0 Å². The summed E-state index contributed by atoms with van der Waals surface area (Å²) in [7, 11) is 0. The number of nitrogens with zero attached hydrogens (tertiary/aromatic N) is 2. The zero-order valence-electron chi connectivity index (χ0n) is 10.6. The summed E-state index contributed by atoms with van der Waals surface area (Å²) in [6.45, 7) is 5.42. The van der Waals surface area contributed by atoms with Gasteiger partial charge in [-0.15, -0.1) is 6.58 Å². The van der Waals surface area contributed by atoms with Crippen molar-refractivity contribution in [1.82, 2.24) is 9.55 Å². The number of fused-ring (bicyclic) bond motifs is 1. The monoisotopic (exact) mass is 298 g/mol. The molecule has 1 N–H and O–H groups in total. The molecular weight excluding hydrogens is 286 g/mol. The molecule has 0 spiro atoms. The fraction of sp³-hybridized carbons (Fsp3) is 0.231. The molecule has 2 rings (SSSR count). The summed E-state index contributed by atoms with van der Waals surface area (Å²) in [6.07, 6.45) is 1.59. The molecular formula is C13H12F2N2O2S. The third-order valence-electron chi connectivity index (χ3n) is 2.75. The lowest BCUT2D eigenvalue weighted by Gasteiger charge is -2.12. The molecule has 0 saturated heterocycles. The number of aliphatic carboxylic acids is 1. The Balaban J connectivity index is 2.63. The van der Waals surface area contributed by atoms with Gasteiger partial charge in [-0.05, 0) is 6.92 Å². The number of thioether (sulfide) groups is 1. The van der Waals surface area contributed by atoms with Crippen molar-refractivity contribution >= 4 is 28.8 Å². The molecule has 0 aliphatic carbocycles. The minimum Gasteiger partial charge on any atom is -0.481 e. The lowest BCUT2D eigenvalue weighted by atomic mass is 10.2. The molecule has 2 aromatic rings. The standard InChI is InChI=1S/C13H12F2N2O2S/c1-3-7(2)17-10-5-8(14)4-9(15)12(10)16-13(17)20-6-11(18)19/h3-5,7H,1,6H2,2H3,(H,18,19). The topological polar surface area (TPSA) is 55.1 Å². The highest BCUT2D eigenvalue weighted by Gasteiger charge is 2.19. The minimum absolute atomic E-state index is 0.0213. The van der Waals surface area contributed by atoms with Crippen LogP contribution in [0, 0.1) is 11.6 Å². The van der Waals surface area contributed by atoms with E-state index < -0.39 is 17.6 Å². The number of carboxylic acid groups (broad SMARTS) is 1. The molecule has 4 nitrogen and oxygen atoms in total. The van der Waals surface area contributed by atoms with Crippen LogP contribution in [0.25, 0.3) is 11.0 Å². The maximum atomic E-state index is 13.7. The molecule has 106 valence electrons. The number of allylic oxidation sites excluding steroid dienone is 1. The Morgan fingerprint density at radius 3 is 2.90 bits per heavy atom. The molecule has 0 aliphatic heterocycles. The molecule has 0 radical (unpaired) electrons. The maximum absolute atomic E-state index is 13.7. The average molecular weight is 298 g/mol. The number of carbonyl (C=O) groups is 1. The minimum atomic E-state index is -1.01. The van der Waals surface area contributed by atoms with Crippen molar-refractivity contribution in [2.75, 3.05) is 5.75 Å². The number of benzene rings is 1. The fourth-order valence-electron chi connectivity index (χ4n) is 1.83. The second-order valence-corrected chi connectivity index (χ2v) is 5.12. The van der Waals surface area contributed by atoms with Gasteiger partial charge < -0.3 is 9.67 Å². The van der Waals surface area contributed by atoms with E-state index in [1.54, 1.807) is 17.6 Å². The molecule has 0 bridgehead atoms. The van der Waals surface area contributed by atoms with Gasteiger partial charge in [-0.2, -0.15) is 0 Å². The molecule has 1 heterocycles. The number of carboxylic acids is 1. The van der Waals surface area contributed by atoms with Crippen molar-refractivity contribution in [3.8, 4) is 0 Å². The largest absolute Gasteiger partial charge is 0.481 e. The van der Waals surface area contributed by atoms with E-state index in [1.165, 1.54) is 6.07 Å². The number of imidazole rings is 1. The van der Waals surface area contributed by atoms with Gasteiger partial charge in [0.25, 0.3) is 0 Å². The van der Waals surface area contributed by atoms with Gasteiger partial charge >= 0.3 is 5.97 Å². The van der Waals surface area contributed by atoms with Gasteiger partial charge in [-0.25, -0.2) is 13.8 Å². The zero-order chi connectivity index (χ0) is 14.9. The van der Waals surface area contributed by atoms with Gasteiger partial charge in [0.2, 0.25) is 0 Å². The van der Waals surface area contributed by atoms with Gasteiger partial charge in [0.1, 0.15) is 11.3 Å². The highest BCUT2D eigenvalue weighted by atomic mass is 32.2. The summed E-state index contributed by atoms with van der Waals surface area (Å²) in [5.74, 6) is -2.70. The molecule has 20 heavy (non-hydrogen) atoms. The highest BCUT2D eigenvalue weighted by molar-refractivity contribution is 7.99. The van der Waals surface area contributed by atoms with Crippen LogP contribution in [0.3, 0.4) is 0 Å². The maximum Gasteiger partial charge on any atom is 0.313 e. The van der Waals surface area contributed by atoms with Crippen LogP contribution in [-0.4, -0.2) is 26.4 Å². The number of aromatic nitrogens is 2. The van der Waals surface area contributed by atoms with Gasteiger partial charge in [-0.1, -0.05) is 17.8 Å². The van der Waals surface area contributed by atoms with Crippen molar-refractivity contribution in [2.24, 2.45) is 0 Å². The molecule has 0 aliphatic rings. The molecule has 1 atom stereocenters. The quantitative estimate of drug-likeness (QED) is 0.680. The van der Waals surface area contributed by atoms with Crippen LogP contribution in [0.4, 0.5) is 8.78 Å². The number of hydrogen-bond acceptors (Lipinski definition) is 3. The first-order valence-corrected chi connectivity index (χ1v) is 6.76. The van der Waals surface area contributed by atoms with E-state index in [9.17, 15) is 13.6 Å². The van der Waals surface area contributed by atoms with Crippen LogP contribution < -0.4 is 0 Å². The van der Waals surface area contributed by atoms with Crippen LogP contribution in [-0.2, 0) is 4.79 Å². The Morgan fingerprint density at radius 2 is 2.30 bits per heavy atom. The summed E-state index contributed by atoms with van der Waals surface area (Å²) < 4.78 is 28.7. The van der Waals surface area contributed by atoms with Crippen molar-refractivity contribution in [2.45, 2.75) is 18.1 Å². The molecule has 0 amide bonds. The summed E-state index contributed by atoms with van der Waals surface area (Å²) in [5, 5.41) is 9.04. The highest BCUT2D eigenvalue weighted by Crippen LogP contribution is 2.30. The third-order valence-corrected chi connectivity index (χ3v) is 3.69. The molecule has 7 heteroatoms. The molecule has 1 aromatic heterocycles. The van der Waals surface area contributed by atoms with Gasteiger partial charge in [0, 0.05) is 12.1 Å². The fourth-order valence-corrected chi connectivity index (χ4v) is 2.64. The first-order chi connectivity index (χ1) is 9.43. The third kappa shape index (κ3) is 2.67. The zero-order valence-corrected chi connectivity index (χ0v) is 11.5. The van der Waals surface area contributed by atoms with Crippen molar-refractivity contribution < 1.29 is 18.7 Å². The van der Waals surface area contributed by atoms with Crippen LogP contribution in [0.1, 0.15) is 13.0 Å². The normalized spacial score (nSPS) is 12.6. The van der Waals surface area contributed by atoms with Crippen LogP contribution in [0.15, 0.2) is 29.9 Å². The second kappa shape index (κ2) is 5.62. The number of halogens is 2. The van der Waals surface area contributed by atoms with Crippen LogP contribution in [0.5, 0.6) is 0 Å². The van der Waals surface area contributed by atoms with E-state index in [1.807, 2.05) is 0 Å². The second-order valence-electron chi connectivity index (χ2n) is 4.18. The molecule has 0 fully saturated rings. The Kier molecular flexibility index (Phi) is 4.08. The molecule has 0 saturated carbocycles. The van der Waals surface area contributed by atoms with Crippen LogP contribution in [0.2, 0.25) is 0 Å². The van der Waals surface area contributed by atoms with E-state index in [2.05, 4.69) is 11.6 Å². The van der Waals surface area contributed by atoms with E-state index in [4.69, 9.17) is 5.11 Å². The van der Waals surface area contributed by atoms with Gasteiger partial charge in [0.15, 0.2) is 11.0 Å². The SMILES string of the molecule is C=CC(C)n1c(SCC(=O)O)nc2c(F)cc(F)cc21. The first-order valence-electron chi connectivity index (χ1n) is 5.78. The summed E-state index contributed by atoms with van der Waals surface area (Å²) in [4.78, 5) is 14.7.